The molecule has 8 nitrogen and oxygen atoms in total. The van der Waals surface area contributed by atoms with E-state index in [4.69, 9.17) is 21.1 Å². The van der Waals surface area contributed by atoms with Crippen LogP contribution in [-0.2, 0) is 10.2 Å². The number of fused-ring (bicyclic) bond motifs is 1. The van der Waals surface area contributed by atoms with Crippen molar-refractivity contribution in [3.05, 3.63) is 69.7 Å². The molecule has 3 aromatic rings. The van der Waals surface area contributed by atoms with Crippen LogP contribution >= 0.6 is 22.9 Å². The summed E-state index contributed by atoms with van der Waals surface area (Å²) in [5, 5.41) is 26.9. The monoisotopic (exact) mass is 543 g/mol. The Kier molecular flexibility index (Phi) is 7.42. The number of hydrogen-bond acceptors (Lipinski definition) is 8. The molecule has 1 atom stereocenters. The van der Waals surface area contributed by atoms with Crippen LogP contribution in [-0.4, -0.2) is 47.7 Å². The topological polar surface area (TPSA) is 113 Å². The third-order valence-electron chi connectivity index (χ3n) is 7.20. The lowest BCUT2D eigenvalue weighted by atomic mass is 9.89. The fraction of sp³-hybridized carbons (Fsp3) is 0.407. The van der Waals surface area contributed by atoms with Crippen molar-refractivity contribution >= 4 is 34.0 Å². The summed E-state index contributed by atoms with van der Waals surface area (Å²) in [5.41, 5.74) is 0.626. The normalized spacial score (nSPS) is 16.4. The Hall–Kier alpha value is -2.69. The molecule has 1 aromatic heterocycles. The largest absolute Gasteiger partial charge is 0.454 e. The fourth-order valence-corrected chi connectivity index (χ4v) is 5.61. The van der Waals surface area contributed by atoms with Crippen LogP contribution in [0.4, 0.5) is 5.13 Å². The summed E-state index contributed by atoms with van der Waals surface area (Å²) in [5.74, 6) is 1.28. The minimum absolute atomic E-state index is 0.0869. The van der Waals surface area contributed by atoms with Gasteiger partial charge in [0.05, 0.1) is 24.7 Å². The van der Waals surface area contributed by atoms with Crippen molar-refractivity contribution in [2.24, 2.45) is 5.41 Å². The third-order valence-corrected chi connectivity index (χ3v) is 8.52. The highest BCUT2D eigenvalue weighted by atomic mass is 35.5. The van der Waals surface area contributed by atoms with Gasteiger partial charge in [-0.15, -0.1) is 0 Å². The summed E-state index contributed by atoms with van der Waals surface area (Å²) in [4.78, 5) is 18.7. The maximum Gasteiger partial charge on any atom is 0.236 e. The predicted octanol–water partition coefficient (Wildman–Crippen LogP) is 4.26. The Balaban J connectivity index is 1.32. The minimum atomic E-state index is -0.591. The van der Waals surface area contributed by atoms with Crippen molar-refractivity contribution in [3.8, 4) is 11.5 Å². The molecule has 37 heavy (non-hydrogen) atoms. The average molecular weight is 544 g/mol. The van der Waals surface area contributed by atoms with Crippen LogP contribution in [0, 0.1) is 5.41 Å². The molecule has 1 amide bonds. The summed E-state index contributed by atoms with van der Waals surface area (Å²) in [7, 11) is 0. The van der Waals surface area contributed by atoms with Crippen molar-refractivity contribution in [1.29, 1.82) is 0 Å². The molecule has 1 unspecified atom stereocenters. The number of amides is 1. The average Bonchev–Trinajstić information content (AvgIpc) is 3.37. The van der Waals surface area contributed by atoms with E-state index in [0.29, 0.717) is 34.6 Å². The number of aliphatic hydroxyl groups is 2. The molecular weight excluding hydrogens is 514 g/mol. The molecule has 10 heteroatoms. The van der Waals surface area contributed by atoms with Gasteiger partial charge in [0.15, 0.2) is 16.6 Å². The van der Waals surface area contributed by atoms with E-state index in [1.165, 1.54) is 11.3 Å². The van der Waals surface area contributed by atoms with Gasteiger partial charge in [-0.3, -0.25) is 4.79 Å². The van der Waals surface area contributed by atoms with Crippen molar-refractivity contribution < 1.29 is 24.5 Å². The van der Waals surface area contributed by atoms with E-state index in [-0.39, 0.29) is 32.0 Å². The van der Waals surface area contributed by atoms with E-state index in [9.17, 15) is 15.0 Å². The molecule has 2 aliphatic rings. The smallest absolute Gasteiger partial charge is 0.236 e. The van der Waals surface area contributed by atoms with Crippen LogP contribution in [0.5, 0.6) is 11.5 Å². The number of ether oxygens (including phenoxy) is 2. The number of nitrogens with zero attached hydrogens (tertiary/aromatic N) is 1. The summed E-state index contributed by atoms with van der Waals surface area (Å²) in [6.45, 7) is 2.36. The van der Waals surface area contributed by atoms with E-state index in [0.717, 1.165) is 28.8 Å². The SMILES string of the molecule is CC(CO)(CO)CCNC(c1cnc(NC(=O)C2(c3ccc4c(c3)OCO4)CC2)s1)c1ccccc1Cl. The molecule has 0 bridgehead atoms. The van der Waals surface area contributed by atoms with E-state index in [2.05, 4.69) is 15.6 Å². The highest BCUT2D eigenvalue weighted by molar-refractivity contribution is 7.15. The number of benzene rings is 2. The van der Waals surface area contributed by atoms with E-state index in [1.54, 1.807) is 6.20 Å². The molecule has 0 saturated heterocycles. The maximum absolute atomic E-state index is 13.3. The quantitative estimate of drug-likeness (QED) is 0.286. The first-order valence-electron chi connectivity index (χ1n) is 12.2. The Morgan fingerprint density at radius 1 is 1.19 bits per heavy atom. The standard InChI is InChI=1S/C27H30ClN3O5S/c1-26(14-32,15-33)10-11-29-23(18-4-2-3-5-19(18)28)22-13-30-25(37-22)31-24(34)27(8-9-27)17-6-7-20-21(12-17)36-16-35-20/h2-7,12-13,23,29,32-33H,8-11,14-16H2,1H3,(H,30,31,34). The Labute approximate surface area is 224 Å². The molecule has 5 rings (SSSR count). The van der Waals surface area contributed by atoms with Gasteiger partial charge in [0.1, 0.15) is 0 Å². The Bertz CT molecular complexity index is 1270. The van der Waals surface area contributed by atoms with Crippen LogP contribution in [0.3, 0.4) is 0 Å². The Morgan fingerprint density at radius 3 is 2.68 bits per heavy atom. The summed E-state index contributed by atoms with van der Waals surface area (Å²) < 4.78 is 10.9. The number of carbonyl (C=O) groups excluding carboxylic acids is 1. The number of aromatic nitrogens is 1. The second-order valence-corrected chi connectivity index (χ2v) is 11.4. The van der Waals surface area contributed by atoms with Gasteiger partial charge in [-0.05, 0) is 55.1 Å². The third kappa shape index (κ3) is 5.32. The van der Waals surface area contributed by atoms with E-state index < -0.39 is 10.8 Å². The predicted molar refractivity (Wildman–Crippen MR) is 142 cm³/mol. The molecule has 1 saturated carbocycles. The molecular formula is C27H30ClN3O5S. The van der Waals surface area contributed by atoms with Crippen molar-refractivity contribution in [3.63, 3.8) is 0 Å². The van der Waals surface area contributed by atoms with Crippen LogP contribution < -0.4 is 20.1 Å². The van der Waals surface area contributed by atoms with E-state index in [1.807, 2.05) is 49.4 Å². The molecule has 2 aromatic carbocycles. The molecule has 1 aliphatic heterocycles. The van der Waals surface area contributed by atoms with Crippen LogP contribution in [0.1, 0.15) is 48.2 Å². The number of thiazole rings is 1. The Morgan fingerprint density at radius 2 is 1.95 bits per heavy atom. The first-order chi connectivity index (χ1) is 17.9. The maximum atomic E-state index is 13.3. The van der Waals surface area contributed by atoms with Gasteiger partial charge in [-0.2, -0.15) is 0 Å². The lowest BCUT2D eigenvalue weighted by molar-refractivity contribution is -0.118. The number of rotatable bonds is 11. The van der Waals surface area contributed by atoms with E-state index >= 15 is 0 Å². The van der Waals surface area contributed by atoms with Gasteiger partial charge in [-0.25, -0.2) is 4.98 Å². The van der Waals surface area contributed by atoms with Gasteiger partial charge in [0, 0.05) is 21.5 Å². The van der Waals surface area contributed by atoms with Gasteiger partial charge < -0.3 is 30.3 Å². The number of anilines is 1. The lowest BCUT2D eigenvalue weighted by Gasteiger charge is -2.26. The van der Waals surface area contributed by atoms with Crippen LogP contribution in [0.2, 0.25) is 5.02 Å². The van der Waals surface area contributed by atoms with Crippen LogP contribution in [0.25, 0.3) is 0 Å². The molecule has 0 spiro atoms. The molecule has 0 radical (unpaired) electrons. The van der Waals surface area contributed by atoms with Crippen molar-refractivity contribution in [1.82, 2.24) is 10.3 Å². The second kappa shape index (κ2) is 10.6. The van der Waals surface area contributed by atoms with Crippen molar-refractivity contribution in [2.75, 3.05) is 31.9 Å². The zero-order valence-corrected chi connectivity index (χ0v) is 22.1. The first-order valence-corrected chi connectivity index (χ1v) is 13.4. The summed E-state index contributed by atoms with van der Waals surface area (Å²) in [6.07, 6.45) is 3.84. The number of hydrogen-bond donors (Lipinski definition) is 4. The number of aliphatic hydroxyl groups excluding tert-OH is 2. The highest BCUT2D eigenvalue weighted by Gasteiger charge is 2.52. The van der Waals surface area contributed by atoms with Gasteiger partial charge in [0.2, 0.25) is 12.7 Å². The first kappa shape index (κ1) is 25.9. The summed E-state index contributed by atoms with van der Waals surface area (Å²) in [6, 6.07) is 13.0. The molecule has 2 heterocycles. The molecule has 4 N–H and O–H groups in total. The summed E-state index contributed by atoms with van der Waals surface area (Å²) >= 11 is 7.93. The zero-order chi connectivity index (χ0) is 26.0. The van der Waals surface area contributed by atoms with Gasteiger partial charge in [0.25, 0.3) is 0 Å². The number of carbonyl (C=O) groups is 1. The molecule has 196 valence electrons. The molecule has 1 aliphatic carbocycles. The fourth-order valence-electron chi connectivity index (χ4n) is 4.46. The van der Waals surface area contributed by atoms with Crippen LogP contribution in [0.15, 0.2) is 48.7 Å². The van der Waals surface area contributed by atoms with Crippen molar-refractivity contribution in [2.45, 2.75) is 37.6 Å². The number of nitrogens with one attached hydrogen (secondary N) is 2. The van der Waals surface area contributed by atoms with Gasteiger partial charge in [-0.1, -0.05) is 54.1 Å². The van der Waals surface area contributed by atoms with Gasteiger partial charge >= 0.3 is 0 Å². The number of halogens is 1. The highest BCUT2D eigenvalue weighted by Crippen LogP contribution is 2.51. The zero-order valence-electron chi connectivity index (χ0n) is 20.5. The second-order valence-electron chi connectivity index (χ2n) is 9.96. The minimum Gasteiger partial charge on any atom is -0.454 e. The molecule has 1 fully saturated rings. The lowest BCUT2D eigenvalue weighted by Crippen LogP contribution is -2.32.